The van der Waals surface area contributed by atoms with Crippen LogP contribution in [0.4, 0.5) is 5.69 Å². The Balaban J connectivity index is 1.45. The topological polar surface area (TPSA) is 76.7 Å². The van der Waals surface area contributed by atoms with Crippen LogP contribution in [0.3, 0.4) is 0 Å². The van der Waals surface area contributed by atoms with Gasteiger partial charge < -0.3 is 20.1 Å². The zero-order chi connectivity index (χ0) is 20.5. The lowest BCUT2D eigenvalue weighted by atomic mass is 10.1. The lowest BCUT2D eigenvalue weighted by Gasteiger charge is -2.23. The van der Waals surface area contributed by atoms with Crippen molar-refractivity contribution in [3.63, 3.8) is 0 Å². The molecule has 1 heterocycles. The van der Waals surface area contributed by atoms with Crippen LogP contribution in [-0.4, -0.2) is 37.7 Å². The molecule has 1 aliphatic rings. The van der Waals surface area contributed by atoms with Crippen molar-refractivity contribution in [2.24, 2.45) is 0 Å². The number of hydrogen-bond donors (Lipinski definition) is 2. The summed E-state index contributed by atoms with van der Waals surface area (Å²) in [4.78, 5) is 24.4. The Bertz CT molecular complexity index is 820. The molecule has 0 aromatic heterocycles. The maximum Gasteiger partial charge on any atom is 0.251 e. The molecule has 6 nitrogen and oxygen atoms in total. The molecule has 1 fully saturated rings. The van der Waals surface area contributed by atoms with Gasteiger partial charge in [-0.25, -0.2) is 0 Å². The molecule has 29 heavy (non-hydrogen) atoms. The van der Waals surface area contributed by atoms with E-state index in [1.54, 1.807) is 30.3 Å². The number of benzene rings is 2. The van der Waals surface area contributed by atoms with Gasteiger partial charge in [0.1, 0.15) is 12.4 Å². The van der Waals surface area contributed by atoms with Crippen molar-refractivity contribution in [2.75, 3.05) is 25.1 Å². The van der Waals surface area contributed by atoms with Gasteiger partial charge in [0.2, 0.25) is 5.91 Å². The highest BCUT2D eigenvalue weighted by Crippen LogP contribution is 2.25. The Hall–Kier alpha value is -2.38. The summed E-state index contributed by atoms with van der Waals surface area (Å²) >= 11 is 3.34. The number of para-hydroxylation sites is 2. The molecule has 154 valence electrons. The summed E-state index contributed by atoms with van der Waals surface area (Å²) < 4.78 is 12.5. The van der Waals surface area contributed by atoms with E-state index in [4.69, 9.17) is 9.47 Å². The molecule has 2 aromatic rings. The fourth-order valence-corrected chi connectivity index (χ4v) is 3.29. The highest BCUT2D eigenvalue weighted by molar-refractivity contribution is 9.10. The fourth-order valence-electron chi connectivity index (χ4n) is 3.02. The summed E-state index contributed by atoms with van der Waals surface area (Å²) in [7, 11) is 0. The molecule has 2 N–H and O–H groups in total. The second-order valence-electron chi connectivity index (χ2n) is 6.86. The molecule has 1 atom stereocenters. The minimum atomic E-state index is -0.207. The van der Waals surface area contributed by atoms with Crippen LogP contribution in [0.1, 0.15) is 36.0 Å². The Morgan fingerprint density at radius 3 is 2.66 bits per heavy atom. The van der Waals surface area contributed by atoms with Crippen LogP contribution < -0.4 is 15.4 Å². The summed E-state index contributed by atoms with van der Waals surface area (Å²) in [5, 5.41) is 5.61. The minimum absolute atomic E-state index is 0.0985. The van der Waals surface area contributed by atoms with Crippen LogP contribution in [0.15, 0.2) is 53.0 Å². The van der Waals surface area contributed by atoms with Crippen LogP contribution in [0.2, 0.25) is 0 Å². The number of anilines is 1. The van der Waals surface area contributed by atoms with Crippen molar-refractivity contribution in [3.05, 3.63) is 58.6 Å². The zero-order valence-corrected chi connectivity index (χ0v) is 17.7. The van der Waals surface area contributed by atoms with Gasteiger partial charge in [0.15, 0.2) is 0 Å². The third-order valence-corrected chi connectivity index (χ3v) is 5.13. The monoisotopic (exact) mass is 460 g/mol. The standard InChI is InChI=1S/C22H25BrN2O4/c23-17-10-8-16(9-11-17)22(27)24-13-12-21(26)25-19-6-1-2-7-20(19)29-15-18-5-3-4-14-28-18/h1-2,6-11,18H,3-5,12-15H2,(H,24,27)(H,25,26). The number of carbonyl (C=O) groups excluding carboxylic acids is 2. The van der Waals surface area contributed by atoms with E-state index >= 15 is 0 Å². The van der Waals surface area contributed by atoms with Gasteiger partial charge in [-0.2, -0.15) is 0 Å². The summed E-state index contributed by atoms with van der Waals surface area (Å²) in [6.07, 6.45) is 3.51. The highest BCUT2D eigenvalue weighted by Gasteiger charge is 2.16. The molecule has 1 aliphatic heterocycles. The maximum absolute atomic E-state index is 12.3. The zero-order valence-electron chi connectivity index (χ0n) is 16.2. The Morgan fingerprint density at radius 1 is 1.10 bits per heavy atom. The van der Waals surface area contributed by atoms with Crippen LogP contribution in [0.25, 0.3) is 0 Å². The summed E-state index contributed by atoms with van der Waals surface area (Å²) in [5.41, 5.74) is 1.17. The quantitative estimate of drug-likeness (QED) is 0.619. The van der Waals surface area contributed by atoms with Crippen LogP contribution in [-0.2, 0) is 9.53 Å². The Labute approximate surface area is 179 Å². The fraction of sp³-hybridized carbons (Fsp3) is 0.364. The molecule has 0 saturated carbocycles. The van der Waals surface area contributed by atoms with Crippen molar-refractivity contribution < 1.29 is 19.1 Å². The molecule has 1 saturated heterocycles. The van der Waals surface area contributed by atoms with Gasteiger partial charge in [-0.05, 0) is 55.7 Å². The second-order valence-corrected chi connectivity index (χ2v) is 7.77. The predicted molar refractivity (Wildman–Crippen MR) is 115 cm³/mol. The normalized spacial score (nSPS) is 16.1. The van der Waals surface area contributed by atoms with Crippen LogP contribution in [0, 0.1) is 0 Å². The largest absolute Gasteiger partial charge is 0.489 e. The third-order valence-electron chi connectivity index (χ3n) is 4.60. The number of nitrogens with one attached hydrogen (secondary N) is 2. The first-order chi connectivity index (χ1) is 14.1. The first-order valence-corrected chi connectivity index (χ1v) is 10.6. The van der Waals surface area contributed by atoms with E-state index in [9.17, 15) is 9.59 Å². The van der Waals surface area contributed by atoms with E-state index < -0.39 is 0 Å². The maximum atomic E-state index is 12.3. The van der Waals surface area contributed by atoms with Gasteiger partial charge in [0.05, 0.1) is 11.8 Å². The van der Waals surface area contributed by atoms with Gasteiger partial charge in [-0.15, -0.1) is 0 Å². The minimum Gasteiger partial charge on any atom is -0.489 e. The molecule has 0 radical (unpaired) electrons. The number of halogens is 1. The molecule has 2 amide bonds. The molecule has 3 rings (SSSR count). The van der Waals surface area contributed by atoms with Gasteiger partial charge in [-0.1, -0.05) is 28.1 Å². The molecular weight excluding hydrogens is 436 g/mol. The van der Waals surface area contributed by atoms with E-state index in [-0.39, 0.29) is 30.9 Å². The summed E-state index contributed by atoms with van der Waals surface area (Å²) in [6.45, 7) is 1.49. The predicted octanol–water partition coefficient (Wildman–Crippen LogP) is 4.16. The molecular formula is C22H25BrN2O4. The molecule has 0 aliphatic carbocycles. The van der Waals surface area contributed by atoms with Gasteiger partial charge in [0, 0.05) is 29.6 Å². The SMILES string of the molecule is O=C(CCNC(=O)c1ccc(Br)cc1)Nc1ccccc1OCC1CCCCO1. The van der Waals surface area contributed by atoms with E-state index in [1.807, 2.05) is 18.2 Å². The number of carbonyl (C=O) groups is 2. The number of hydrogen-bond acceptors (Lipinski definition) is 4. The van der Waals surface area contributed by atoms with Crippen molar-refractivity contribution in [1.29, 1.82) is 0 Å². The first kappa shape index (κ1) is 21.3. The second kappa shape index (κ2) is 11.0. The number of rotatable bonds is 8. The average molecular weight is 461 g/mol. The van der Waals surface area contributed by atoms with Gasteiger partial charge in [-0.3, -0.25) is 9.59 Å². The summed E-state index contributed by atoms with van der Waals surface area (Å²) in [5.74, 6) is 0.224. The Kier molecular flexibility index (Phi) is 8.07. The van der Waals surface area contributed by atoms with E-state index in [2.05, 4.69) is 26.6 Å². The third kappa shape index (κ3) is 6.87. The molecule has 0 bridgehead atoms. The van der Waals surface area contributed by atoms with Crippen LogP contribution >= 0.6 is 15.9 Å². The Morgan fingerprint density at radius 2 is 1.90 bits per heavy atom. The smallest absolute Gasteiger partial charge is 0.251 e. The van der Waals surface area contributed by atoms with Crippen molar-refractivity contribution in [2.45, 2.75) is 31.8 Å². The molecule has 0 spiro atoms. The highest BCUT2D eigenvalue weighted by atomic mass is 79.9. The van der Waals surface area contributed by atoms with Gasteiger partial charge >= 0.3 is 0 Å². The molecule has 2 aromatic carbocycles. The first-order valence-electron chi connectivity index (χ1n) is 9.79. The molecule has 1 unspecified atom stereocenters. The number of ether oxygens (including phenoxy) is 2. The van der Waals surface area contributed by atoms with Crippen LogP contribution in [0.5, 0.6) is 5.75 Å². The lowest BCUT2D eigenvalue weighted by Crippen LogP contribution is -2.28. The van der Waals surface area contributed by atoms with Crippen molar-refractivity contribution in [1.82, 2.24) is 5.32 Å². The van der Waals surface area contributed by atoms with E-state index in [0.29, 0.717) is 23.6 Å². The number of amides is 2. The lowest BCUT2D eigenvalue weighted by molar-refractivity contribution is -0.116. The van der Waals surface area contributed by atoms with Crippen molar-refractivity contribution >= 4 is 33.4 Å². The molecule has 7 heteroatoms. The average Bonchev–Trinajstić information content (AvgIpc) is 2.74. The van der Waals surface area contributed by atoms with E-state index in [1.165, 1.54) is 0 Å². The summed E-state index contributed by atoms with van der Waals surface area (Å²) in [6, 6.07) is 14.4. The van der Waals surface area contributed by atoms with Crippen molar-refractivity contribution in [3.8, 4) is 5.75 Å². The van der Waals surface area contributed by atoms with Gasteiger partial charge in [0.25, 0.3) is 5.91 Å². The van der Waals surface area contributed by atoms with E-state index in [0.717, 1.165) is 30.3 Å².